The number of nitro groups is 1. The Balaban J connectivity index is 2.29. The van der Waals surface area contributed by atoms with E-state index in [1.807, 2.05) is 0 Å². The van der Waals surface area contributed by atoms with Crippen molar-refractivity contribution in [3.8, 4) is 11.5 Å². The van der Waals surface area contributed by atoms with Crippen LogP contribution in [0.1, 0.15) is 17.3 Å². The first-order valence-corrected chi connectivity index (χ1v) is 6.60. The van der Waals surface area contributed by atoms with E-state index in [1.54, 1.807) is 6.92 Å². The molecule has 0 saturated carbocycles. The van der Waals surface area contributed by atoms with E-state index in [0.717, 1.165) is 12.1 Å². The van der Waals surface area contributed by atoms with E-state index in [-0.39, 0.29) is 23.8 Å². The molecule has 7 nitrogen and oxygen atoms in total. The summed E-state index contributed by atoms with van der Waals surface area (Å²) < 4.78 is 23.5. The van der Waals surface area contributed by atoms with Crippen LogP contribution < -0.4 is 10.5 Å². The number of carbonyl (C=O) groups excluding carboxylic acids is 1. The van der Waals surface area contributed by atoms with Gasteiger partial charge in [0.2, 0.25) is 5.75 Å². The van der Waals surface area contributed by atoms with Gasteiger partial charge in [-0.3, -0.25) is 10.1 Å². The van der Waals surface area contributed by atoms with E-state index in [0.29, 0.717) is 5.56 Å². The highest BCUT2D eigenvalue weighted by Crippen LogP contribution is 2.36. The number of benzene rings is 2. The van der Waals surface area contributed by atoms with Crippen LogP contribution in [0, 0.1) is 15.9 Å². The normalized spacial score (nSPS) is 10.2. The van der Waals surface area contributed by atoms with Crippen LogP contribution in [0.15, 0.2) is 36.4 Å². The van der Waals surface area contributed by atoms with Gasteiger partial charge in [-0.15, -0.1) is 0 Å². The summed E-state index contributed by atoms with van der Waals surface area (Å²) in [6.07, 6.45) is 0. The molecule has 0 heterocycles. The molecule has 2 rings (SSSR count). The van der Waals surface area contributed by atoms with Crippen LogP contribution in [0.2, 0.25) is 0 Å². The molecule has 0 aliphatic carbocycles. The molecule has 0 aliphatic heterocycles. The molecule has 120 valence electrons. The van der Waals surface area contributed by atoms with Crippen LogP contribution in [-0.4, -0.2) is 17.5 Å². The molecule has 0 aliphatic rings. The average Bonchev–Trinajstić information content (AvgIpc) is 2.47. The summed E-state index contributed by atoms with van der Waals surface area (Å²) in [6, 6.07) is 7.40. The number of nitrogens with zero attached hydrogens (tertiary/aromatic N) is 1. The van der Waals surface area contributed by atoms with Gasteiger partial charge in [0.15, 0.2) is 0 Å². The van der Waals surface area contributed by atoms with Gasteiger partial charge in [-0.25, -0.2) is 9.18 Å². The molecule has 0 atom stereocenters. The Kier molecular flexibility index (Phi) is 4.75. The number of hydrogen-bond acceptors (Lipinski definition) is 6. The standard InChI is InChI=1S/C15H13FN2O5/c1-2-22-15(19)9-3-5-11(6-4-9)23-13-8-10(16)7-12(17)14(13)18(20)21/h3-8H,2,17H2,1H3. The summed E-state index contributed by atoms with van der Waals surface area (Å²) in [5.41, 5.74) is 4.88. The monoisotopic (exact) mass is 320 g/mol. The van der Waals surface area contributed by atoms with Crippen molar-refractivity contribution < 1.29 is 23.6 Å². The Bertz CT molecular complexity index is 746. The number of nitro benzene ring substituents is 1. The second-order valence-electron chi connectivity index (χ2n) is 4.45. The van der Waals surface area contributed by atoms with E-state index in [2.05, 4.69) is 0 Å². The van der Waals surface area contributed by atoms with Gasteiger partial charge in [0.1, 0.15) is 17.3 Å². The Hall–Kier alpha value is -3.16. The third-order valence-electron chi connectivity index (χ3n) is 2.85. The smallest absolute Gasteiger partial charge is 0.338 e. The summed E-state index contributed by atoms with van der Waals surface area (Å²) >= 11 is 0. The topological polar surface area (TPSA) is 105 Å². The second kappa shape index (κ2) is 6.73. The maximum Gasteiger partial charge on any atom is 0.338 e. The number of nitrogen functional groups attached to an aromatic ring is 1. The third kappa shape index (κ3) is 3.73. The highest BCUT2D eigenvalue weighted by atomic mass is 19.1. The largest absolute Gasteiger partial charge is 0.462 e. The van der Waals surface area contributed by atoms with E-state index in [4.69, 9.17) is 15.2 Å². The molecule has 0 saturated heterocycles. The Morgan fingerprint density at radius 3 is 2.52 bits per heavy atom. The van der Waals surface area contributed by atoms with Crippen molar-refractivity contribution in [1.29, 1.82) is 0 Å². The summed E-state index contributed by atoms with van der Waals surface area (Å²) in [5.74, 6) is -1.39. The molecule has 0 bridgehead atoms. The third-order valence-corrected chi connectivity index (χ3v) is 2.85. The zero-order valence-corrected chi connectivity index (χ0v) is 12.1. The molecule has 0 aromatic heterocycles. The van der Waals surface area contributed by atoms with E-state index < -0.39 is 22.4 Å². The first-order valence-electron chi connectivity index (χ1n) is 6.60. The van der Waals surface area contributed by atoms with Crippen LogP contribution in [0.4, 0.5) is 15.8 Å². The summed E-state index contributed by atoms with van der Waals surface area (Å²) in [6.45, 7) is 1.93. The molecule has 23 heavy (non-hydrogen) atoms. The zero-order valence-electron chi connectivity index (χ0n) is 12.1. The van der Waals surface area contributed by atoms with Crippen LogP contribution >= 0.6 is 0 Å². The van der Waals surface area contributed by atoms with Gasteiger partial charge in [-0.1, -0.05) is 0 Å². The lowest BCUT2D eigenvalue weighted by Gasteiger charge is -2.08. The minimum atomic E-state index is -0.758. The molecule has 0 unspecified atom stereocenters. The van der Waals surface area contributed by atoms with Crippen molar-refractivity contribution in [3.05, 3.63) is 57.9 Å². The van der Waals surface area contributed by atoms with E-state index in [9.17, 15) is 19.3 Å². The second-order valence-corrected chi connectivity index (χ2v) is 4.45. The van der Waals surface area contributed by atoms with Gasteiger partial charge in [0.05, 0.1) is 17.1 Å². The molecule has 0 radical (unpaired) electrons. The number of hydrogen-bond donors (Lipinski definition) is 1. The van der Waals surface area contributed by atoms with Gasteiger partial charge in [0.25, 0.3) is 0 Å². The summed E-state index contributed by atoms with van der Waals surface area (Å²) in [4.78, 5) is 21.8. The van der Waals surface area contributed by atoms with Crippen molar-refractivity contribution in [1.82, 2.24) is 0 Å². The van der Waals surface area contributed by atoms with E-state index in [1.165, 1.54) is 24.3 Å². The van der Waals surface area contributed by atoms with Crippen LogP contribution in [0.25, 0.3) is 0 Å². The van der Waals surface area contributed by atoms with Crippen molar-refractivity contribution in [2.75, 3.05) is 12.3 Å². The van der Waals surface area contributed by atoms with Gasteiger partial charge in [-0.05, 0) is 31.2 Å². The number of anilines is 1. The van der Waals surface area contributed by atoms with Crippen molar-refractivity contribution in [2.24, 2.45) is 0 Å². The van der Waals surface area contributed by atoms with Gasteiger partial charge < -0.3 is 15.2 Å². The fraction of sp³-hybridized carbons (Fsp3) is 0.133. The maximum atomic E-state index is 13.4. The number of ether oxygens (including phenoxy) is 2. The highest BCUT2D eigenvalue weighted by molar-refractivity contribution is 5.89. The fourth-order valence-corrected chi connectivity index (χ4v) is 1.87. The first kappa shape index (κ1) is 16.2. The summed E-state index contributed by atoms with van der Waals surface area (Å²) in [5, 5.41) is 11.0. The molecule has 2 N–H and O–H groups in total. The number of rotatable bonds is 5. The lowest BCUT2D eigenvalue weighted by atomic mass is 10.2. The van der Waals surface area contributed by atoms with Crippen LogP contribution in [0.5, 0.6) is 11.5 Å². The van der Waals surface area contributed by atoms with Gasteiger partial charge >= 0.3 is 11.7 Å². The molecule has 0 spiro atoms. The maximum absolute atomic E-state index is 13.4. The average molecular weight is 320 g/mol. The summed E-state index contributed by atoms with van der Waals surface area (Å²) in [7, 11) is 0. The lowest BCUT2D eigenvalue weighted by Crippen LogP contribution is -2.04. The predicted molar refractivity (Wildman–Crippen MR) is 79.9 cm³/mol. The van der Waals surface area contributed by atoms with Gasteiger partial charge in [0, 0.05) is 12.1 Å². The number of nitrogens with two attached hydrogens (primary N) is 1. The molecule has 2 aromatic carbocycles. The molecular weight excluding hydrogens is 307 g/mol. The molecule has 8 heteroatoms. The Morgan fingerprint density at radius 2 is 1.96 bits per heavy atom. The molecule has 2 aromatic rings. The van der Waals surface area contributed by atoms with Crippen LogP contribution in [-0.2, 0) is 4.74 Å². The lowest BCUT2D eigenvalue weighted by molar-refractivity contribution is -0.384. The fourth-order valence-electron chi connectivity index (χ4n) is 1.87. The highest BCUT2D eigenvalue weighted by Gasteiger charge is 2.22. The minimum absolute atomic E-state index is 0.186. The minimum Gasteiger partial charge on any atom is -0.462 e. The van der Waals surface area contributed by atoms with Crippen molar-refractivity contribution >= 4 is 17.3 Å². The van der Waals surface area contributed by atoms with Crippen molar-refractivity contribution in [2.45, 2.75) is 6.92 Å². The number of halogens is 1. The SMILES string of the molecule is CCOC(=O)c1ccc(Oc2cc(F)cc(N)c2[N+](=O)[O-])cc1. The quantitative estimate of drug-likeness (QED) is 0.392. The number of carbonyl (C=O) groups is 1. The van der Waals surface area contributed by atoms with Crippen molar-refractivity contribution in [3.63, 3.8) is 0 Å². The Morgan fingerprint density at radius 1 is 1.30 bits per heavy atom. The molecule has 0 fully saturated rings. The Labute approximate surface area is 130 Å². The number of esters is 1. The molecular formula is C15H13FN2O5. The zero-order chi connectivity index (χ0) is 17.0. The van der Waals surface area contributed by atoms with Gasteiger partial charge in [-0.2, -0.15) is 0 Å². The first-order chi connectivity index (χ1) is 10.9. The predicted octanol–water partition coefficient (Wildman–Crippen LogP) is 3.29. The van der Waals surface area contributed by atoms with E-state index >= 15 is 0 Å². The molecule has 0 amide bonds. The van der Waals surface area contributed by atoms with Crippen LogP contribution in [0.3, 0.4) is 0 Å².